The Hall–Kier alpha value is -2.51. The Kier molecular flexibility index (Phi) is 5.97. The number of rotatable bonds is 6. The smallest absolute Gasteiger partial charge is 0.325 e. The van der Waals surface area contributed by atoms with Gasteiger partial charge in [0.2, 0.25) is 11.8 Å². The quantitative estimate of drug-likeness (QED) is 0.733. The van der Waals surface area contributed by atoms with Gasteiger partial charge >= 0.3 is 5.97 Å². The Morgan fingerprint density at radius 2 is 1.86 bits per heavy atom. The molecule has 120 valence electrons. The first-order valence-corrected chi connectivity index (χ1v) is 6.45. The topological polar surface area (TPSA) is 95.5 Å². The second-order valence-electron chi connectivity index (χ2n) is 4.75. The molecule has 8 heteroatoms. The van der Waals surface area contributed by atoms with Crippen molar-refractivity contribution in [2.75, 3.05) is 0 Å². The second kappa shape index (κ2) is 7.48. The fourth-order valence-corrected chi connectivity index (χ4v) is 1.82. The third kappa shape index (κ3) is 5.12. The molecule has 1 rings (SSSR count). The molecule has 1 unspecified atom stereocenters. The van der Waals surface area contributed by atoms with Crippen LogP contribution in [0.4, 0.5) is 8.78 Å². The largest absolute Gasteiger partial charge is 0.480 e. The van der Waals surface area contributed by atoms with E-state index in [1.54, 1.807) is 0 Å². The summed E-state index contributed by atoms with van der Waals surface area (Å²) < 4.78 is 26.7. The van der Waals surface area contributed by atoms with Crippen LogP contribution in [0.1, 0.15) is 31.9 Å². The van der Waals surface area contributed by atoms with Crippen LogP contribution >= 0.6 is 0 Å². The standard InChI is InChI=1S/C14H16F2N2O4/c1-7(14(21)22)17-13(20)6-12(18-8(2)19)10-4-3-9(15)5-11(10)16/h3-5,7,12H,6H2,1-2H3,(H,17,20)(H,18,19)(H,21,22)/t7-,12?/m1/s1. The molecule has 2 amide bonds. The maximum atomic E-state index is 13.8. The van der Waals surface area contributed by atoms with Crippen molar-refractivity contribution in [1.29, 1.82) is 0 Å². The first-order valence-electron chi connectivity index (χ1n) is 6.45. The SMILES string of the molecule is CC(=O)NC(CC(=O)N[C@H](C)C(=O)O)c1ccc(F)cc1F. The third-order valence-corrected chi connectivity index (χ3v) is 2.85. The third-order valence-electron chi connectivity index (χ3n) is 2.85. The van der Waals surface area contributed by atoms with Crippen LogP contribution in [0, 0.1) is 11.6 Å². The molecule has 6 nitrogen and oxygen atoms in total. The minimum absolute atomic E-state index is 0.0604. The number of nitrogens with one attached hydrogen (secondary N) is 2. The van der Waals surface area contributed by atoms with E-state index < -0.39 is 41.5 Å². The second-order valence-corrected chi connectivity index (χ2v) is 4.75. The summed E-state index contributed by atoms with van der Waals surface area (Å²) in [5.74, 6) is -4.10. The molecule has 0 aliphatic carbocycles. The number of hydrogen-bond donors (Lipinski definition) is 3. The molecule has 0 fully saturated rings. The Morgan fingerprint density at radius 3 is 2.36 bits per heavy atom. The van der Waals surface area contributed by atoms with Gasteiger partial charge in [0.25, 0.3) is 0 Å². The van der Waals surface area contributed by atoms with Crippen molar-refractivity contribution in [1.82, 2.24) is 10.6 Å². The van der Waals surface area contributed by atoms with E-state index in [-0.39, 0.29) is 12.0 Å². The molecule has 1 aromatic rings. The molecule has 0 radical (unpaired) electrons. The fraction of sp³-hybridized carbons (Fsp3) is 0.357. The minimum atomic E-state index is -1.22. The summed E-state index contributed by atoms with van der Waals surface area (Å²) in [5.41, 5.74) is -0.0604. The van der Waals surface area contributed by atoms with Gasteiger partial charge in [-0.25, -0.2) is 8.78 Å². The van der Waals surface area contributed by atoms with Crippen molar-refractivity contribution in [2.24, 2.45) is 0 Å². The average molecular weight is 314 g/mol. The highest BCUT2D eigenvalue weighted by Gasteiger charge is 2.22. The van der Waals surface area contributed by atoms with Gasteiger partial charge in [-0.15, -0.1) is 0 Å². The monoisotopic (exact) mass is 314 g/mol. The van der Waals surface area contributed by atoms with Gasteiger partial charge in [-0.2, -0.15) is 0 Å². The van der Waals surface area contributed by atoms with Crippen LogP contribution in [0.15, 0.2) is 18.2 Å². The van der Waals surface area contributed by atoms with Crippen molar-refractivity contribution >= 4 is 17.8 Å². The molecule has 0 spiro atoms. The first-order chi connectivity index (χ1) is 10.2. The van der Waals surface area contributed by atoms with E-state index in [9.17, 15) is 23.2 Å². The molecule has 0 saturated carbocycles. The van der Waals surface area contributed by atoms with Crippen LogP contribution < -0.4 is 10.6 Å². The number of hydrogen-bond acceptors (Lipinski definition) is 3. The minimum Gasteiger partial charge on any atom is -0.480 e. The highest BCUT2D eigenvalue weighted by atomic mass is 19.1. The van der Waals surface area contributed by atoms with Crippen molar-refractivity contribution < 1.29 is 28.3 Å². The van der Waals surface area contributed by atoms with E-state index in [1.165, 1.54) is 13.8 Å². The molecular formula is C14H16F2N2O4. The fourth-order valence-electron chi connectivity index (χ4n) is 1.82. The highest BCUT2D eigenvalue weighted by molar-refractivity contribution is 5.84. The molecule has 0 saturated heterocycles. The Balaban J connectivity index is 2.91. The summed E-state index contributed by atoms with van der Waals surface area (Å²) in [6.45, 7) is 2.46. The van der Waals surface area contributed by atoms with E-state index in [1.807, 2.05) is 0 Å². The molecule has 0 heterocycles. The molecule has 0 aliphatic rings. The first kappa shape index (κ1) is 17.5. The van der Waals surface area contributed by atoms with Gasteiger partial charge in [-0.05, 0) is 13.0 Å². The van der Waals surface area contributed by atoms with Gasteiger partial charge in [-0.1, -0.05) is 6.07 Å². The molecule has 2 atom stereocenters. The van der Waals surface area contributed by atoms with Crippen molar-refractivity contribution in [3.8, 4) is 0 Å². The van der Waals surface area contributed by atoms with Crippen LogP contribution in [0.2, 0.25) is 0 Å². The van der Waals surface area contributed by atoms with Gasteiger partial charge in [0.15, 0.2) is 0 Å². The number of carboxylic acid groups (broad SMARTS) is 1. The van der Waals surface area contributed by atoms with Gasteiger partial charge in [-0.3, -0.25) is 14.4 Å². The van der Waals surface area contributed by atoms with Crippen molar-refractivity contribution in [2.45, 2.75) is 32.4 Å². The summed E-state index contributed by atoms with van der Waals surface area (Å²) in [5, 5.41) is 13.3. The summed E-state index contributed by atoms with van der Waals surface area (Å²) in [4.78, 5) is 33.6. The maximum Gasteiger partial charge on any atom is 0.325 e. The van der Waals surface area contributed by atoms with Crippen molar-refractivity contribution in [3.63, 3.8) is 0 Å². The molecule has 1 aromatic carbocycles. The zero-order chi connectivity index (χ0) is 16.9. The van der Waals surface area contributed by atoms with E-state index in [0.717, 1.165) is 12.1 Å². The maximum absolute atomic E-state index is 13.8. The zero-order valence-electron chi connectivity index (χ0n) is 12.0. The lowest BCUT2D eigenvalue weighted by Gasteiger charge is -2.19. The molecule has 0 bridgehead atoms. The van der Waals surface area contributed by atoms with Crippen LogP contribution in [0.5, 0.6) is 0 Å². The molecule has 0 aromatic heterocycles. The van der Waals surface area contributed by atoms with E-state index in [4.69, 9.17) is 5.11 Å². The number of halogens is 2. The Bertz CT molecular complexity index is 592. The average Bonchev–Trinajstić information content (AvgIpc) is 2.36. The summed E-state index contributed by atoms with van der Waals surface area (Å²) in [7, 11) is 0. The van der Waals surface area contributed by atoms with Gasteiger partial charge in [0, 0.05) is 18.6 Å². The lowest BCUT2D eigenvalue weighted by molar-refractivity contribution is -0.141. The number of carbonyl (C=O) groups is 3. The van der Waals surface area contributed by atoms with Crippen LogP contribution in [-0.4, -0.2) is 28.9 Å². The number of carboxylic acids is 1. The van der Waals surface area contributed by atoms with E-state index in [0.29, 0.717) is 6.07 Å². The Morgan fingerprint density at radius 1 is 1.23 bits per heavy atom. The predicted octanol–water partition coefficient (Wildman–Crippen LogP) is 1.12. The summed E-state index contributed by atoms with van der Waals surface area (Å²) >= 11 is 0. The summed E-state index contributed by atoms with van der Waals surface area (Å²) in [6.07, 6.45) is -0.375. The van der Waals surface area contributed by atoms with Crippen LogP contribution in [0.25, 0.3) is 0 Å². The molecule has 0 aliphatic heterocycles. The number of amides is 2. The van der Waals surface area contributed by atoms with Gasteiger partial charge in [0.05, 0.1) is 12.5 Å². The highest BCUT2D eigenvalue weighted by Crippen LogP contribution is 2.21. The van der Waals surface area contributed by atoms with Gasteiger partial charge < -0.3 is 15.7 Å². The van der Waals surface area contributed by atoms with Gasteiger partial charge in [0.1, 0.15) is 17.7 Å². The lowest BCUT2D eigenvalue weighted by atomic mass is 10.0. The zero-order valence-corrected chi connectivity index (χ0v) is 12.0. The molecular weight excluding hydrogens is 298 g/mol. The number of carbonyl (C=O) groups excluding carboxylic acids is 2. The number of aliphatic carboxylic acids is 1. The van der Waals surface area contributed by atoms with E-state index >= 15 is 0 Å². The van der Waals surface area contributed by atoms with Crippen LogP contribution in [-0.2, 0) is 14.4 Å². The number of benzene rings is 1. The van der Waals surface area contributed by atoms with E-state index in [2.05, 4.69) is 10.6 Å². The van der Waals surface area contributed by atoms with Crippen LogP contribution in [0.3, 0.4) is 0 Å². The normalized spacial score (nSPS) is 13.1. The lowest BCUT2D eigenvalue weighted by Crippen LogP contribution is -2.40. The summed E-state index contributed by atoms with van der Waals surface area (Å²) in [6, 6.07) is 0.620. The predicted molar refractivity (Wildman–Crippen MR) is 72.8 cm³/mol. The molecule has 3 N–H and O–H groups in total. The Labute approximate surface area is 125 Å². The van der Waals surface area contributed by atoms with Crippen molar-refractivity contribution in [3.05, 3.63) is 35.4 Å². The molecule has 22 heavy (non-hydrogen) atoms.